The van der Waals surface area contributed by atoms with Crippen molar-refractivity contribution in [2.45, 2.75) is 26.7 Å². The first-order valence-electron chi connectivity index (χ1n) is 6.73. The standard InChI is InChI=1S/C15H19BrN4/c1-4-17-14-13(16)15(19-9-18-14)20-12-8-6-5-7-11(12)10(2)3/h5-10H,4H2,1-3H3,(H2,17,18,19,20). The Morgan fingerprint density at radius 2 is 1.85 bits per heavy atom. The van der Waals surface area contributed by atoms with Crippen molar-refractivity contribution >= 4 is 33.3 Å². The van der Waals surface area contributed by atoms with Crippen LogP contribution in [0.1, 0.15) is 32.3 Å². The zero-order valence-electron chi connectivity index (χ0n) is 11.9. The molecule has 0 aliphatic heterocycles. The molecule has 0 bridgehead atoms. The molecule has 0 spiro atoms. The first-order valence-corrected chi connectivity index (χ1v) is 7.53. The van der Waals surface area contributed by atoms with Crippen LogP contribution in [-0.2, 0) is 0 Å². The Kier molecular flexibility index (Phi) is 4.95. The SMILES string of the molecule is CCNc1ncnc(Nc2ccccc2C(C)C)c1Br. The fourth-order valence-electron chi connectivity index (χ4n) is 1.99. The number of nitrogens with one attached hydrogen (secondary N) is 2. The van der Waals surface area contributed by atoms with Crippen LogP contribution < -0.4 is 10.6 Å². The van der Waals surface area contributed by atoms with E-state index in [0.29, 0.717) is 5.92 Å². The molecule has 1 aromatic carbocycles. The highest BCUT2D eigenvalue weighted by molar-refractivity contribution is 9.10. The van der Waals surface area contributed by atoms with Gasteiger partial charge in [-0.05, 0) is 40.4 Å². The van der Waals surface area contributed by atoms with Crippen LogP contribution in [0, 0.1) is 0 Å². The highest BCUT2D eigenvalue weighted by Crippen LogP contribution is 2.31. The van der Waals surface area contributed by atoms with Crippen LogP contribution >= 0.6 is 15.9 Å². The summed E-state index contributed by atoms with van der Waals surface area (Å²) in [6, 6.07) is 8.28. The summed E-state index contributed by atoms with van der Waals surface area (Å²) in [5, 5.41) is 6.58. The fourth-order valence-corrected chi connectivity index (χ4v) is 2.43. The van der Waals surface area contributed by atoms with E-state index < -0.39 is 0 Å². The van der Waals surface area contributed by atoms with Crippen LogP contribution in [0.4, 0.5) is 17.3 Å². The van der Waals surface area contributed by atoms with Crippen molar-refractivity contribution in [2.75, 3.05) is 17.2 Å². The molecule has 0 fully saturated rings. The lowest BCUT2D eigenvalue weighted by atomic mass is 10.0. The van der Waals surface area contributed by atoms with Crippen molar-refractivity contribution in [3.05, 3.63) is 40.6 Å². The van der Waals surface area contributed by atoms with Gasteiger partial charge >= 0.3 is 0 Å². The molecule has 2 rings (SSSR count). The second-order valence-electron chi connectivity index (χ2n) is 4.78. The molecule has 5 heteroatoms. The maximum atomic E-state index is 4.31. The molecule has 0 radical (unpaired) electrons. The molecule has 0 aliphatic carbocycles. The molecule has 4 nitrogen and oxygen atoms in total. The van der Waals surface area contributed by atoms with Gasteiger partial charge in [0.1, 0.15) is 22.4 Å². The quantitative estimate of drug-likeness (QED) is 0.842. The third-order valence-electron chi connectivity index (χ3n) is 2.97. The molecule has 2 aromatic rings. The summed E-state index contributed by atoms with van der Waals surface area (Å²) in [5.74, 6) is 2.02. The zero-order chi connectivity index (χ0) is 14.5. The van der Waals surface area contributed by atoms with Gasteiger partial charge in [0.05, 0.1) is 0 Å². The number of para-hydroxylation sites is 1. The van der Waals surface area contributed by atoms with Gasteiger partial charge in [-0.3, -0.25) is 0 Å². The monoisotopic (exact) mass is 334 g/mol. The number of halogens is 1. The average molecular weight is 335 g/mol. The number of hydrogen-bond acceptors (Lipinski definition) is 4. The zero-order valence-corrected chi connectivity index (χ0v) is 13.5. The third kappa shape index (κ3) is 3.28. The number of hydrogen-bond donors (Lipinski definition) is 2. The van der Waals surface area contributed by atoms with E-state index in [1.807, 2.05) is 13.0 Å². The van der Waals surface area contributed by atoms with Crippen LogP contribution in [0.3, 0.4) is 0 Å². The van der Waals surface area contributed by atoms with Gasteiger partial charge in [-0.2, -0.15) is 0 Å². The summed E-state index contributed by atoms with van der Waals surface area (Å²) in [7, 11) is 0. The Balaban J connectivity index is 2.33. The molecule has 106 valence electrons. The maximum absolute atomic E-state index is 4.31. The molecule has 0 amide bonds. The minimum atomic E-state index is 0.451. The summed E-state index contributed by atoms with van der Waals surface area (Å²) in [6.45, 7) is 7.21. The molecule has 1 heterocycles. The summed E-state index contributed by atoms with van der Waals surface area (Å²) >= 11 is 3.55. The Morgan fingerprint density at radius 1 is 1.15 bits per heavy atom. The van der Waals surface area contributed by atoms with Gasteiger partial charge in [0.15, 0.2) is 0 Å². The van der Waals surface area contributed by atoms with E-state index in [-0.39, 0.29) is 0 Å². The number of anilines is 3. The number of aromatic nitrogens is 2. The van der Waals surface area contributed by atoms with Gasteiger partial charge in [-0.15, -0.1) is 0 Å². The molecular weight excluding hydrogens is 316 g/mol. The molecule has 0 saturated heterocycles. The normalized spacial score (nSPS) is 10.7. The van der Waals surface area contributed by atoms with Crippen molar-refractivity contribution in [2.24, 2.45) is 0 Å². The Labute approximate surface area is 128 Å². The van der Waals surface area contributed by atoms with Crippen LogP contribution in [0.5, 0.6) is 0 Å². The Bertz CT molecular complexity index is 584. The van der Waals surface area contributed by atoms with E-state index in [2.05, 4.69) is 68.6 Å². The lowest BCUT2D eigenvalue weighted by molar-refractivity contribution is 0.869. The number of rotatable bonds is 5. The second-order valence-corrected chi connectivity index (χ2v) is 5.58. The number of nitrogens with zero attached hydrogens (tertiary/aromatic N) is 2. The molecule has 0 saturated carbocycles. The lowest BCUT2D eigenvalue weighted by Crippen LogP contribution is -2.05. The largest absolute Gasteiger partial charge is 0.369 e. The van der Waals surface area contributed by atoms with Crippen molar-refractivity contribution in [3.63, 3.8) is 0 Å². The fraction of sp³-hybridized carbons (Fsp3) is 0.333. The molecule has 0 atom stereocenters. The van der Waals surface area contributed by atoms with E-state index in [0.717, 1.165) is 28.3 Å². The average Bonchev–Trinajstić information content (AvgIpc) is 2.44. The summed E-state index contributed by atoms with van der Waals surface area (Å²) in [4.78, 5) is 8.53. The van der Waals surface area contributed by atoms with E-state index >= 15 is 0 Å². The minimum absolute atomic E-state index is 0.451. The lowest BCUT2D eigenvalue weighted by Gasteiger charge is -2.15. The maximum Gasteiger partial charge on any atom is 0.150 e. The highest BCUT2D eigenvalue weighted by atomic mass is 79.9. The van der Waals surface area contributed by atoms with E-state index in [1.165, 1.54) is 5.56 Å². The Morgan fingerprint density at radius 3 is 2.55 bits per heavy atom. The third-order valence-corrected chi connectivity index (χ3v) is 3.72. The van der Waals surface area contributed by atoms with E-state index in [4.69, 9.17) is 0 Å². The van der Waals surface area contributed by atoms with Crippen LogP contribution in [0.2, 0.25) is 0 Å². The van der Waals surface area contributed by atoms with E-state index in [1.54, 1.807) is 6.33 Å². The summed E-state index contributed by atoms with van der Waals surface area (Å²) < 4.78 is 0.848. The van der Waals surface area contributed by atoms with Crippen LogP contribution in [0.25, 0.3) is 0 Å². The first kappa shape index (κ1) is 14.8. The van der Waals surface area contributed by atoms with Gasteiger partial charge in [-0.1, -0.05) is 32.0 Å². The van der Waals surface area contributed by atoms with Crippen LogP contribution in [0.15, 0.2) is 35.1 Å². The van der Waals surface area contributed by atoms with Gasteiger partial charge in [0.2, 0.25) is 0 Å². The smallest absolute Gasteiger partial charge is 0.150 e. The van der Waals surface area contributed by atoms with Crippen LogP contribution in [-0.4, -0.2) is 16.5 Å². The molecule has 2 N–H and O–H groups in total. The second kappa shape index (κ2) is 6.70. The predicted octanol–water partition coefficient (Wildman–Crippen LogP) is 4.54. The summed E-state index contributed by atoms with van der Waals surface area (Å²) in [6.07, 6.45) is 1.56. The Hall–Kier alpha value is -1.62. The minimum Gasteiger partial charge on any atom is -0.369 e. The molecular formula is C15H19BrN4. The van der Waals surface area contributed by atoms with E-state index in [9.17, 15) is 0 Å². The van der Waals surface area contributed by atoms with Crippen molar-refractivity contribution in [3.8, 4) is 0 Å². The van der Waals surface area contributed by atoms with Gasteiger partial charge in [-0.25, -0.2) is 9.97 Å². The first-order chi connectivity index (χ1) is 9.63. The molecule has 20 heavy (non-hydrogen) atoms. The van der Waals surface area contributed by atoms with Gasteiger partial charge in [0, 0.05) is 12.2 Å². The van der Waals surface area contributed by atoms with Crippen molar-refractivity contribution in [1.82, 2.24) is 9.97 Å². The highest BCUT2D eigenvalue weighted by Gasteiger charge is 2.11. The summed E-state index contributed by atoms with van der Waals surface area (Å²) in [5.41, 5.74) is 2.34. The van der Waals surface area contributed by atoms with Gasteiger partial charge < -0.3 is 10.6 Å². The molecule has 0 aliphatic rings. The molecule has 0 unspecified atom stereocenters. The van der Waals surface area contributed by atoms with Gasteiger partial charge in [0.25, 0.3) is 0 Å². The number of benzene rings is 1. The topological polar surface area (TPSA) is 49.8 Å². The predicted molar refractivity (Wildman–Crippen MR) is 87.7 cm³/mol. The van der Waals surface area contributed by atoms with Crippen molar-refractivity contribution < 1.29 is 0 Å². The molecule has 1 aromatic heterocycles. The van der Waals surface area contributed by atoms with Crippen molar-refractivity contribution in [1.29, 1.82) is 0 Å².